The first-order valence-electron chi connectivity index (χ1n) is 6.47. The first kappa shape index (κ1) is 14.8. The van der Waals surface area contributed by atoms with Crippen molar-refractivity contribution in [2.75, 3.05) is 0 Å². The minimum atomic E-state index is -0.738. The van der Waals surface area contributed by atoms with Crippen LogP contribution in [0.3, 0.4) is 0 Å². The van der Waals surface area contributed by atoms with Crippen molar-refractivity contribution in [3.8, 4) is 0 Å². The molecule has 0 spiro atoms. The van der Waals surface area contributed by atoms with Crippen molar-refractivity contribution < 1.29 is 18.8 Å². The van der Waals surface area contributed by atoms with E-state index in [0.717, 1.165) is 5.56 Å². The van der Waals surface area contributed by atoms with E-state index in [9.17, 15) is 9.59 Å². The second-order valence-electron chi connectivity index (χ2n) is 4.41. The van der Waals surface area contributed by atoms with E-state index in [0.29, 0.717) is 0 Å². The van der Waals surface area contributed by atoms with Crippen molar-refractivity contribution >= 4 is 11.8 Å². The summed E-state index contributed by atoms with van der Waals surface area (Å²) in [6.45, 7) is 1.81. The molecule has 0 aliphatic rings. The number of amides is 2. The van der Waals surface area contributed by atoms with Gasteiger partial charge < -0.3 is 9.73 Å². The Kier molecular flexibility index (Phi) is 5.11. The van der Waals surface area contributed by atoms with Crippen LogP contribution in [0.1, 0.15) is 23.0 Å². The van der Waals surface area contributed by atoms with Gasteiger partial charge in [-0.05, 0) is 24.6 Å². The Morgan fingerprint density at radius 1 is 1.19 bits per heavy atom. The van der Waals surface area contributed by atoms with Crippen LogP contribution in [0, 0.1) is 0 Å². The fourth-order valence-corrected chi connectivity index (χ4v) is 1.59. The van der Waals surface area contributed by atoms with Gasteiger partial charge in [0, 0.05) is 0 Å². The molecule has 2 aromatic rings. The zero-order chi connectivity index (χ0) is 15.1. The molecule has 1 unspecified atom stereocenters. The molecule has 6 nitrogen and oxygen atoms in total. The van der Waals surface area contributed by atoms with Gasteiger partial charge in [0.05, 0.1) is 12.9 Å². The standard InChI is InChI=1S/C15H16N2O4/c1-11(16-15(19)13-8-5-9-20-13)14(18)17-21-10-12-6-3-2-4-7-12/h2-9,11H,10H2,1H3,(H,16,19)(H,17,18). The zero-order valence-electron chi connectivity index (χ0n) is 11.5. The molecule has 0 radical (unpaired) electrons. The van der Waals surface area contributed by atoms with Gasteiger partial charge in [0.2, 0.25) is 0 Å². The molecule has 0 bridgehead atoms. The fraction of sp³-hybridized carbons (Fsp3) is 0.200. The smallest absolute Gasteiger partial charge is 0.287 e. The summed E-state index contributed by atoms with van der Waals surface area (Å²) in [5.41, 5.74) is 3.23. The lowest BCUT2D eigenvalue weighted by Crippen LogP contribution is -2.44. The average molecular weight is 288 g/mol. The van der Waals surface area contributed by atoms with Crippen LogP contribution in [-0.4, -0.2) is 17.9 Å². The van der Waals surface area contributed by atoms with E-state index in [1.54, 1.807) is 13.0 Å². The fourth-order valence-electron chi connectivity index (χ4n) is 1.59. The van der Waals surface area contributed by atoms with Crippen LogP contribution in [0.4, 0.5) is 0 Å². The molecule has 0 saturated heterocycles. The van der Waals surface area contributed by atoms with Crippen molar-refractivity contribution in [1.82, 2.24) is 10.8 Å². The monoisotopic (exact) mass is 288 g/mol. The molecule has 1 aromatic carbocycles. The van der Waals surface area contributed by atoms with E-state index in [-0.39, 0.29) is 12.4 Å². The highest BCUT2D eigenvalue weighted by atomic mass is 16.6. The van der Waals surface area contributed by atoms with Crippen molar-refractivity contribution in [2.24, 2.45) is 0 Å². The molecule has 6 heteroatoms. The van der Waals surface area contributed by atoms with Gasteiger partial charge in [0.1, 0.15) is 6.04 Å². The van der Waals surface area contributed by atoms with Crippen molar-refractivity contribution in [1.29, 1.82) is 0 Å². The molecular formula is C15H16N2O4. The molecule has 0 fully saturated rings. The Morgan fingerprint density at radius 2 is 1.95 bits per heavy atom. The van der Waals surface area contributed by atoms with Gasteiger partial charge in [-0.1, -0.05) is 30.3 Å². The van der Waals surface area contributed by atoms with Crippen LogP contribution in [0.15, 0.2) is 53.1 Å². The minimum absolute atomic E-state index is 0.153. The lowest BCUT2D eigenvalue weighted by atomic mass is 10.2. The third kappa shape index (κ3) is 4.47. The summed E-state index contributed by atoms with van der Waals surface area (Å²) in [6, 6.07) is 11.8. The second-order valence-corrected chi connectivity index (χ2v) is 4.41. The molecule has 1 atom stereocenters. The number of furan rings is 1. The van der Waals surface area contributed by atoms with Crippen LogP contribution in [0.5, 0.6) is 0 Å². The number of benzene rings is 1. The highest BCUT2D eigenvalue weighted by molar-refractivity contribution is 5.95. The third-order valence-electron chi connectivity index (χ3n) is 2.74. The van der Waals surface area contributed by atoms with Crippen molar-refractivity contribution in [3.63, 3.8) is 0 Å². The first-order valence-corrected chi connectivity index (χ1v) is 6.47. The van der Waals surface area contributed by atoms with Gasteiger partial charge in [-0.15, -0.1) is 0 Å². The number of rotatable bonds is 6. The molecule has 2 rings (SSSR count). The lowest BCUT2D eigenvalue weighted by molar-refractivity contribution is -0.136. The van der Waals surface area contributed by atoms with E-state index in [2.05, 4.69) is 10.8 Å². The summed E-state index contributed by atoms with van der Waals surface area (Å²) in [4.78, 5) is 28.5. The quantitative estimate of drug-likeness (QED) is 0.792. The van der Waals surface area contributed by atoms with Gasteiger partial charge in [-0.3, -0.25) is 14.4 Å². The highest BCUT2D eigenvalue weighted by Gasteiger charge is 2.18. The number of nitrogens with one attached hydrogen (secondary N) is 2. The van der Waals surface area contributed by atoms with E-state index in [4.69, 9.17) is 9.25 Å². The number of carbonyl (C=O) groups is 2. The summed E-state index contributed by atoms with van der Waals surface area (Å²) < 4.78 is 4.94. The minimum Gasteiger partial charge on any atom is -0.459 e. The molecule has 2 N–H and O–H groups in total. The van der Waals surface area contributed by atoms with Crippen LogP contribution in [0.2, 0.25) is 0 Å². The number of hydroxylamine groups is 1. The molecule has 2 amide bonds. The van der Waals surface area contributed by atoms with Gasteiger partial charge in [0.25, 0.3) is 11.8 Å². The van der Waals surface area contributed by atoms with Gasteiger partial charge >= 0.3 is 0 Å². The average Bonchev–Trinajstić information content (AvgIpc) is 3.02. The SMILES string of the molecule is CC(NC(=O)c1ccco1)C(=O)NOCc1ccccc1. The third-order valence-corrected chi connectivity index (χ3v) is 2.74. The molecular weight excluding hydrogens is 272 g/mol. The topological polar surface area (TPSA) is 80.6 Å². The van der Waals surface area contributed by atoms with Gasteiger partial charge in [0.15, 0.2) is 5.76 Å². The highest BCUT2D eigenvalue weighted by Crippen LogP contribution is 2.01. The Morgan fingerprint density at radius 3 is 2.62 bits per heavy atom. The largest absolute Gasteiger partial charge is 0.459 e. The molecule has 0 aliphatic heterocycles. The lowest BCUT2D eigenvalue weighted by Gasteiger charge is -2.13. The summed E-state index contributed by atoms with van der Waals surface area (Å²) in [6.07, 6.45) is 1.39. The number of hydrogen-bond acceptors (Lipinski definition) is 4. The molecule has 1 heterocycles. The molecule has 0 saturated carbocycles. The Bertz CT molecular complexity index is 581. The van der Waals surface area contributed by atoms with E-state index < -0.39 is 17.9 Å². The summed E-state index contributed by atoms with van der Waals surface area (Å²) in [7, 11) is 0. The zero-order valence-corrected chi connectivity index (χ0v) is 11.5. The Labute approximate surface area is 122 Å². The normalized spacial score (nSPS) is 11.7. The maximum Gasteiger partial charge on any atom is 0.287 e. The van der Waals surface area contributed by atoms with Gasteiger partial charge in [-0.2, -0.15) is 0 Å². The predicted octanol–water partition coefficient (Wildman–Crippen LogP) is 1.65. The number of hydrogen-bond donors (Lipinski definition) is 2. The van der Waals surface area contributed by atoms with E-state index >= 15 is 0 Å². The van der Waals surface area contributed by atoms with Crippen LogP contribution in [-0.2, 0) is 16.2 Å². The van der Waals surface area contributed by atoms with Crippen molar-refractivity contribution in [2.45, 2.75) is 19.6 Å². The van der Waals surface area contributed by atoms with Crippen LogP contribution in [0.25, 0.3) is 0 Å². The van der Waals surface area contributed by atoms with Crippen LogP contribution >= 0.6 is 0 Å². The van der Waals surface area contributed by atoms with Crippen LogP contribution < -0.4 is 10.8 Å². The second kappa shape index (κ2) is 7.25. The number of carbonyl (C=O) groups excluding carboxylic acids is 2. The maximum absolute atomic E-state index is 11.8. The predicted molar refractivity (Wildman–Crippen MR) is 75.0 cm³/mol. The first-order chi connectivity index (χ1) is 10.2. The maximum atomic E-state index is 11.8. The summed E-state index contributed by atoms with van der Waals surface area (Å²) >= 11 is 0. The molecule has 110 valence electrons. The molecule has 0 aliphatic carbocycles. The Hall–Kier alpha value is -2.60. The summed E-state index contributed by atoms with van der Waals surface area (Å²) in [5, 5.41) is 2.51. The summed E-state index contributed by atoms with van der Waals surface area (Å²) in [5.74, 6) is -0.739. The van der Waals surface area contributed by atoms with Gasteiger partial charge in [-0.25, -0.2) is 5.48 Å². The van der Waals surface area contributed by atoms with Crippen molar-refractivity contribution in [3.05, 3.63) is 60.1 Å². The van der Waals surface area contributed by atoms with E-state index in [1.165, 1.54) is 12.3 Å². The molecule has 21 heavy (non-hydrogen) atoms. The molecule has 1 aromatic heterocycles. The van der Waals surface area contributed by atoms with E-state index in [1.807, 2.05) is 30.3 Å². The Balaban J connectivity index is 1.74.